The Kier molecular flexibility index (Phi) is 2.48. The number of carbonyl (C=O) groups is 1. The number of fused-ring (bicyclic) bond motifs is 6. The van der Waals surface area contributed by atoms with Crippen LogP contribution in [-0.4, -0.2) is 31.4 Å². The molecule has 0 aliphatic carbocycles. The Morgan fingerprint density at radius 1 is 1.39 bits per heavy atom. The van der Waals surface area contributed by atoms with E-state index >= 15 is 0 Å². The van der Waals surface area contributed by atoms with Crippen LogP contribution in [0.2, 0.25) is 0 Å². The van der Waals surface area contributed by atoms with Crippen molar-refractivity contribution in [1.29, 1.82) is 0 Å². The highest BCUT2D eigenvalue weighted by atomic mass is 16.3. The summed E-state index contributed by atoms with van der Waals surface area (Å²) in [6.45, 7) is 1.98. The smallest absolute Gasteiger partial charge is 0.290 e. The van der Waals surface area contributed by atoms with Gasteiger partial charge in [0.1, 0.15) is 0 Å². The fraction of sp³-hybridized carbons (Fsp3) is 0.353. The summed E-state index contributed by atoms with van der Waals surface area (Å²) in [5.74, 6) is 0.388. The van der Waals surface area contributed by atoms with Gasteiger partial charge in [0.05, 0.1) is 23.7 Å². The third kappa shape index (κ3) is 1.72. The van der Waals surface area contributed by atoms with Crippen molar-refractivity contribution < 1.29 is 9.21 Å². The molecule has 2 aliphatic rings. The average Bonchev–Trinajstić information content (AvgIpc) is 3.25. The minimum absolute atomic E-state index is 0.0232. The van der Waals surface area contributed by atoms with Crippen LogP contribution in [0.5, 0.6) is 0 Å². The van der Waals surface area contributed by atoms with Gasteiger partial charge in [-0.1, -0.05) is 0 Å². The molecule has 0 N–H and O–H groups in total. The Hall–Kier alpha value is -2.63. The summed E-state index contributed by atoms with van der Waals surface area (Å²) in [5.41, 5.74) is 4.16. The summed E-state index contributed by atoms with van der Waals surface area (Å²) in [6, 6.07) is 5.76. The molecule has 116 valence electrons. The first kappa shape index (κ1) is 12.9. The molecule has 2 atom stereocenters. The maximum Gasteiger partial charge on any atom is 0.290 e. The zero-order chi connectivity index (χ0) is 15.6. The Bertz CT molecular complexity index is 912. The van der Waals surface area contributed by atoms with Crippen molar-refractivity contribution in [3.63, 3.8) is 0 Å². The lowest BCUT2D eigenvalue weighted by Crippen LogP contribution is -2.42. The van der Waals surface area contributed by atoms with Crippen LogP contribution in [-0.2, 0) is 6.42 Å². The van der Waals surface area contributed by atoms with Gasteiger partial charge in [-0.15, -0.1) is 0 Å². The van der Waals surface area contributed by atoms with Crippen LogP contribution >= 0.6 is 0 Å². The largest absolute Gasteiger partial charge is 0.459 e. The molecule has 23 heavy (non-hydrogen) atoms. The summed E-state index contributed by atoms with van der Waals surface area (Å²) >= 11 is 0. The molecule has 6 nitrogen and oxygen atoms in total. The first-order valence-corrected chi connectivity index (χ1v) is 7.92. The van der Waals surface area contributed by atoms with Crippen LogP contribution in [0.25, 0.3) is 5.65 Å². The minimum Gasteiger partial charge on any atom is -0.459 e. The lowest BCUT2D eigenvalue weighted by molar-refractivity contribution is 0.0609. The van der Waals surface area contributed by atoms with Gasteiger partial charge in [-0.3, -0.25) is 4.79 Å². The summed E-state index contributed by atoms with van der Waals surface area (Å²) in [6.07, 6.45) is 6.26. The number of amides is 1. The van der Waals surface area contributed by atoms with Crippen LogP contribution in [0.1, 0.15) is 46.4 Å². The molecule has 5 heterocycles. The van der Waals surface area contributed by atoms with E-state index in [2.05, 4.69) is 10.1 Å². The molecular formula is C17H16N4O2. The first-order chi connectivity index (χ1) is 11.2. The number of hydrogen-bond acceptors (Lipinski definition) is 4. The molecular weight excluding hydrogens is 292 g/mol. The second kappa shape index (κ2) is 4.44. The van der Waals surface area contributed by atoms with Gasteiger partial charge in [0.15, 0.2) is 11.4 Å². The normalized spacial score (nSPS) is 22.6. The topological polar surface area (TPSA) is 63.6 Å². The van der Waals surface area contributed by atoms with E-state index in [9.17, 15) is 4.79 Å². The highest BCUT2D eigenvalue weighted by Crippen LogP contribution is 2.44. The SMILES string of the molecule is Cc1cc2ncc3c(n2n1)C[C@@H]1CC[C@H]3N1C(=O)c1ccco1. The van der Waals surface area contributed by atoms with Crippen molar-refractivity contribution in [1.82, 2.24) is 19.5 Å². The fourth-order valence-corrected chi connectivity index (χ4v) is 4.04. The van der Waals surface area contributed by atoms with E-state index in [-0.39, 0.29) is 18.0 Å². The molecule has 2 bridgehead atoms. The number of rotatable bonds is 1. The van der Waals surface area contributed by atoms with E-state index in [0.29, 0.717) is 5.76 Å². The van der Waals surface area contributed by atoms with Gasteiger partial charge in [-0.05, 0) is 31.9 Å². The molecule has 3 aromatic heterocycles. The number of carbonyl (C=O) groups excluding carboxylic acids is 1. The van der Waals surface area contributed by atoms with Crippen molar-refractivity contribution in [2.75, 3.05) is 0 Å². The van der Waals surface area contributed by atoms with E-state index < -0.39 is 0 Å². The number of furan rings is 1. The number of hydrogen-bond donors (Lipinski definition) is 0. The van der Waals surface area contributed by atoms with Crippen molar-refractivity contribution >= 4 is 11.6 Å². The molecule has 1 amide bonds. The lowest BCUT2D eigenvalue weighted by atomic mass is 9.99. The zero-order valence-corrected chi connectivity index (χ0v) is 12.8. The van der Waals surface area contributed by atoms with Crippen LogP contribution in [0, 0.1) is 6.92 Å². The Labute approximate surface area is 132 Å². The number of aromatic nitrogens is 3. The summed E-state index contributed by atoms with van der Waals surface area (Å²) in [5, 5.41) is 4.58. The van der Waals surface area contributed by atoms with E-state index in [4.69, 9.17) is 4.42 Å². The zero-order valence-electron chi connectivity index (χ0n) is 12.8. The van der Waals surface area contributed by atoms with Crippen molar-refractivity contribution in [2.45, 2.75) is 38.3 Å². The molecule has 5 rings (SSSR count). The highest BCUT2D eigenvalue weighted by Gasteiger charge is 2.44. The summed E-state index contributed by atoms with van der Waals surface area (Å²) < 4.78 is 7.26. The Morgan fingerprint density at radius 3 is 3.13 bits per heavy atom. The first-order valence-electron chi connectivity index (χ1n) is 7.92. The van der Waals surface area contributed by atoms with Gasteiger partial charge in [0, 0.05) is 30.3 Å². The molecule has 3 aromatic rings. The highest BCUT2D eigenvalue weighted by molar-refractivity contribution is 5.92. The average molecular weight is 308 g/mol. The van der Waals surface area contributed by atoms with E-state index in [0.717, 1.165) is 36.2 Å². The lowest BCUT2D eigenvalue weighted by Gasteiger charge is -2.35. The standard InChI is InChI=1S/C17H16N4O2/c1-10-7-16-18-9-12-13-5-4-11(8-14(12)21(16)19-10)20(13)17(22)15-3-2-6-23-15/h2-3,6-7,9,11,13H,4-5,8H2,1H3/t11-,13+/m0/s1. The maximum atomic E-state index is 12.8. The van der Waals surface area contributed by atoms with Crippen molar-refractivity contribution in [3.05, 3.63) is 53.4 Å². The molecule has 0 saturated carbocycles. The molecule has 0 radical (unpaired) electrons. The molecule has 6 heteroatoms. The quantitative estimate of drug-likeness (QED) is 0.693. The molecule has 2 aliphatic heterocycles. The Balaban J connectivity index is 1.63. The fourth-order valence-electron chi connectivity index (χ4n) is 4.04. The molecule has 0 unspecified atom stereocenters. The van der Waals surface area contributed by atoms with Crippen molar-refractivity contribution in [2.24, 2.45) is 0 Å². The summed E-state index contributed by atoms with van der Waals surface area (Å²) in [4.78, 5) is 19.3. The number of aryl methyl sites for hydroxylation is 1. The molecule has 1 saturated heterocycles. The third-order valence-corrected chi connectivity index (χ3v) is 4.99. The van der Waals surface area contributed by atoms with Crippen LogP contribution < -0.4 is 0 Å². The second-order valence-electron chi connectivity index (χ2n) is 6.36. The van der Waals surface area contributed by atoms with Gasteiger partial charge in [-0.2, -0.15) is 5.10 Å². The predicted octanol–water partition coefficient (Wildman–Crippen LogP) is 2.53. The minimum atomic E-state index is -0.0232. The van der Waals surface area contributed by atoms with E-state index in [1.807, 2.05) is 28.6 Å². The molecule has 1 fully saturated rings. The molecule has 0 spiro atoms. The number of nitrogens with zero attached hydrogens (tertiary/aromatic N) is 4. The summed E-state index contributed by atoms with van der Waals surface area (Å²) in [7, 11) is 0. The van der Waals surface area contributed by atoms with Crippen molar-refractivity contribution in [3.8, 4) is 0 Å². The Morgan fingerprint density at radius 2 is 2.30 bits per heavy atom. The third-order valence-electron chi connectivity index (χ3n) is 4.99. The maximum absolute atomic E-state index is 12.8. The van der Waals surface area contributed by atoms with E-state index in [1.165, 1.54) is 5.69 Å². The van der Waals surface area contributed by atoms with Gasteiger partial charge in [0.25, 0.3) is 5.91 Å². The van der Waals surface area contributed by atoms with Gasteiger partial charge in [0.2, 0.25) is 0 Å². The van der Waals surface area contributed by atoms with Gasteiger partial charge < -0.3 is 9.32 Å². The molecule has 0 aromatic carbocycles. The van der Waals surface area contributed by atoms with Gasteiger partial charge in [-0.25, -0.2) is 9.50 Å². The second-order valence-corrected chi connectivity index (χ2v) is 6.36. The monoisotopic (exact) mass is 308 g/mol. The van der Waals surface area contributed by atoms with Crippen LogP contribution in [0.3, 0.4) is 0 Å². The van der Waals surface area contributed by atoms with Crippen LogP contribution in [0.15, 0.2) is 35.1 Å². The predicted molar refractivity (Wildman–Crippen MR) is 82.1 cm³/mol. The van der Waals surface area contributed by atoms with E-state index in [1.54, 1.807) is 18.4 Å². The van der Waals surface area contributed by atoms with Gasteiger partial charge >= 0.3 is 0 Å². The van der Waals surface area contributed by atoms with Crippen LogP contribution in [0.4, 0.5) is 0 Å².